The average molecular weight is 390 g/mol. The number of para-hydroxylation sites is 1. The lowest BCUT2D eigenvalue weighted by atomic mass is 9.96. The second-order valence-corrected chi connectivity index (χ2v) is 7.78. The first-order valence-electron chi connectivity index (χ1n) is 10.1. The van der Waals surface area contributed by atoms with Gasteiger partial charge in [0.1, 0.15) is 5.82 Å². The van der Waals surface area contributed by atoms with E-state index in [4.69, 9.17) is 0 Å². The SMILES string of the molecule is CN(C)c1ccccc1C(=O)N1CCCC(c2nccn2Cc2cccnc2)C1. The van der Waals surface area contributed by atoms with Crippen LogP contribution >= 0.6 is 0 Å². The molecule has 1 atom stereocenters. The van der Waals surface area contributed by atoms with Crippen LogP contribution in [-0.4, -0.2) is 52.5 Å². The second-order valence-electron chi connectivity index (χ2n) is 7.78. The molecule has 1 fully saturated rings. The summed E-state index contributed by atoms with van der Waals surface area (Å²) >= 11 is 0. The molecule has 0 aliphatic carbocycles. The van der Waals surface area contributed by atoms with E-state index in [1.165, 1.54) is 0 Å². The molecule has 1 unspecified atom stereocenters. The number of piperidine rings is 1. The van der Waals surface area contributed by atoms with Gasteiger partial charge in [0.25, 0.3) is 5.91 Å². The van der Waals surface area contributed by atoms with Gasteiger partial charge in [0.15, 0.2) is 0 Å². The third-order valence-corrected chi connectivity index (χ3v) is 5.51. The summed E-state index contributed by atoms with van der Waals surface area (Å²) in [6.45, 7) is 2.24. The van der Waals surface area contributed by atoms with Gasteiger partial charge in [-0.3, -0.25) is 9.78 Å². The number of likely N-dealkylation sites (tertiary alicyclic amines) is 1. The van der Waals surface area contributed by atoms with E-state index < -0.39 is 0 Å². The fourth-order valence-corrected chi connectivity index (χ4v) is 4.09. The van der Waals surface area contributed by atoms with Crippen LogP contribution in [0, 0.1) is 0 Å². The molecular weight excluding hydrogens is 362 g/mol. The van der Waals surface area contributed by atoms with Crippen molar-refractivity contribution < 1.29 is 4.79 Å². The highest BCUT2D eigenvalue weighted by atomic mass is 16.2. The van der Waals surface area contributed by atoms with Gasteiger partial charge in [0, 0.05) is 63.6 Å². The predicted octanol–water partition coefficient (Wildman–Crippen LogP) is 3.41. The molecule has 3 heterocycles. The van der Waals surface area contributed by atoms with Gasteiger partial charge in [0.2, 0.25) is 0 Å². The van der Waals surface area contributed by atoms with Crippen molar-refractivity contribution in [2.24, 2.45) is 0 Å². The topological polar surface area (TPSA) is 54.3 Å². The van der Waals surface area contributed by atoms with E-state index in [1.807, 2.05) is 72.8 Å². The Kier molecular flexibility index (Phi) is 5.60. The van der Waals surface area contributed by atoms with Gasteiger partial charge in [-0.15, -0.1) is 0 Å². The first-order valence-corrected chi connectivity index (χ1v) is 10.1. The van der Waals surface area contributed by atoms with Gasteiger partial charge in [-0.1, -0.05) is 18.2 Å². The van der Waals surface area contributed by atoms with Crippen LogP contribution in [0.5, 0.6) is 0 Å². The van der Waals surface area contributed by atoms with E-state index in [2.05, 4.69) is 20.6 Å². The third kappa shape index (κ3) is 4.16. The molecule has 1 aliphatic heterocycles. The highest BCUT2D eigenvalue weighted by Gasteiger charge is 2.29. The number of anilines is 1. The molecule has 0 saturated carbocycles. The Morgan fingerprint density at radius 1 is 1.17 bits per heavy atom. The Morgan fingerprint density at radius 3 is 2.83 bits per heavy atom. The van der Waals surface area contributed by atoms with E-state index in [-0.39, 0.29) is 11.8 Å². The molecule has 2 aromatic heterocycles. The van der Waals surface area contributed by atoms with E-state index in [0.717, 1.165) is 48.6 Å². The number of rotatable bonds is 5. The van der Waals surface area contributed by atoms with E-state index in [1.54, 1.807) is 6.20 Å². The van der Waals surface area contributed by atoms with Crippen molar-refractivity contribution in [1.29, 1.82) is 0 Å². The lowest BCUT2D eigenvalue weighted by Gasteiger charge is -2.33. The summed E-state index contributed by atoms with van der Waals surface area (Å²) in [4.78, 5) is 26.1. The van der Waals surface area contributed by atoms with Crippen LogP contribution in [0.1, 0.15) is 40.5 Å². The zero-order valence-corrected chi connectivity index (χ0v) is 17.0. The summed E-state index contributed by atoms with van der Waals surface area (Å²) in [6.07, 6.45) is 9.58. The van der Waals surface area contributed by atoms with E-state index >= 15 is 0 Å². The summed E-state index contributed by atoms with van der Waals surface area (Å²) in [5, 5.41) is 0. The molecule has 4 rings (SSSR count). The Balaban J connectivity index is 1.53. The molecule has 0 spiro atoms. The maximum absolute atomic E-state index is 13.3. The fraction of sp³-hybridized carbons (Fsp3) is 0.348. The van der Waals surface area contributed by atoms with Crippen molar-refractivity contribution in [3.8, 4) is 0 Å². The van der Waals surface area contributed by atoms with Crippen molar-refractivity contribution in [1.82, 2.24) is 19.4 Å². The monoisotopic (exact) mass is 389 g/mol. The van der Waals surface area contributed by atoms with Gasteiger partial charge in [-0.2, -0.15) is 0 Å². The Morgan fingerprint density at radius 2 is 2.03 bits per heavy atom. The molecule has 3 aromatic rings. The molecule has 6 nitrogen and oxygen atoms in total. The van der Waals surface area contributed by atoms with Gasteiger partial charge in [-0.25, -0.2) is 4.98 Å². The lowest BCUT2D eigenvalue weighted by molar-refractivity contribution is 0.0704. The molecule has 1 amide bonds. The predicted molar refractivity (Wildman–Crippen MR) is 114 cm³/mol. The number of nitrogens with zero attached hydrogens (tertiary/aromatic N) is 5. The number of hydrogen-bond donors (Lipinski definition) is 0. The first kappa shape index (κ1) is 19.2. The Bertz CT molecular complexity index is 966. The van der Waals surface area contributed by atoms with Crippen molar-refractivity contribution in [3.63, 3.8) is 0 Å². The molecule has 0 radical (unpaired) electrons. The largest absolute Gasteiger partial charge is 0.377 e. The van der Waals surface area contributed by atoms with E-state index in [9.17, 15) is 4.79 Å². The quantitative estimate of drug-likeness (QED) is 0.671. The number of carbonyl (C=O) groups is 1. The normalized spacial score (nSPS) is 16.6. The zero-order valence-electron chi connectivity index (χ0n) is 17.0. The van der Waals surface area contributed by atoms with Crippen LogP contribution in [-0.2, 0) is 6.54 Å². The van der Waals surface area contributed by atoms with Crippen molar-refractivity contribution in [2.75, 3.05) is 32.1 Å². The van der Waals surface area contributed by atoms with E-state index in [0.29, 0.717) is 6.54 Å². The summed E-state index contributed by atoms with van der Waals surface area (Å²) in [5.41, 5.74) is 2.87. The third-order valence-electron chi connectivity index (χ3n) is 5.51. The maximum atomic E-state index is 13.3. The number of amides is 1. The van der Waals surface area contributed by atoms with Gasteiger partial charge in [0.05, 0.1) is 12.1 Å². The van der Waals surface area contributed by atoms with Crippen molar-refractivity contribution in [2.45, 2.75) is 25.3 Å². The molecule has 1 saturated heterocycles. The van der Waals surface area contributed by atoms with Gasteiger partial charge >= 0.3 is 0 Å². The standard InChI is InChI=1S/C23H27N5O/c1-26(2)21-10-4-3-9-20(21)23(29)28-13-6-8-19(17-28)22-25-12-14-27(22)16-18-7-5-11-24-15-18/h3-5,7,9-12,14-15,19H,6,8,13,16-17H2,1-2H3. The maximum Gasteiger partial charge on any atom is 0.255 e. The van der Waals surface area contributed by atoms with Crippen LogP contribution in [0.15, 0.2) is 61.2 Å². The number of hydrogen-bond acceptors (Lipinski definition) is 4. The zero-order chi connectivity index (χ0) is 20.2. The smallest absolute Gasteiger partial charge is 0.255 e. The number of aromatic nitrogens is 3. The first-order chi connectivity index (χ1) is 14.1. The average Bonchev–Trinajstić information content (AvgIpc) is 3.22. The highest BCUT2D eigenvalue weighted by molar-refractivity contribution is 5.99. The molecule has 29 heavy (non-hydrogen) atoms. The van der Waals surface area contributed by atoms with Crippen molar-refractivity contribution >= 4 is 11.6 Å². The molecular formula is C23H27N5O. The molecule has 1 aromatic carbocycles. The molecule has 0 bridgehead atoms. The minimum atomic E-state index is 0.101. The van der Waals surface area contributed by atoms with Gasteiger partial charge < -0.3 is 14.4 Å². The fourth-order valence-electron chi connectivity index (χ4n) is 4.09. The number of carbonyl (C=O) groups excluding carboxylic acids is 1. The van der Waals surface area contributed by atoms with Crippen LogP contribution in [0.3, 0.4) is 0 Å². The molecule has 150 valence electrons. The van der Waals surface area contributed by atoms with Crippen LogP contribution in [0.4, 0.5) is 5.69 Å². The number of pyridine rings is 1. The second kappa shape index (κ2) is 8.47. The summed E-state index contributed by atoms with van der Waals surface area (Å²) < 4.78 is 2.18. The highest BCUT2D eigenvalue weighted by Crippen LogP contribution is 2.29. The van der Waals surface area contributed by atoms with Gasteiger partial charge in [-0.05, 0) is 36.6 Å². The van der Waals surface area contributed by atoms with Crippen molar-refractivity contribution in [3.05, 3.63) is 78.1 Å². The minimum Gasteiger partial charge on any atom is -0.377 e. The number of imidazole rings is 1. The van der Waals surface area contributed by atoms with Crippen LogP contribution in [0.2, 0.25) is 0 Å². The van der Waals surface area contributed by atoms with Crippen LogP contribution in [0.25, 0.3) is 0 Å². The molecule has 0 N–H and O–H groups in total. The Labute approximate surface area is 171 Å². The summed E-state index contributed by atoms with van der Waals surface area (Å²) in [5.74, 6) is 1.39. The number of benzene rings is 1. The van der Waals surface area contributed by atoms with Crippen LogP contribution < -0.4 is 4.90 Å². The molecule has 1 aliphatic rings. The minimum absolute atomic E-state index is 0.101. The molecule has 6 heteroatoms. The Hall–Kier alpha value is -3.15. The summed E-state index contributed by atoms with van der Waals surface area (Å²) in [6, 6.07) is 11.9. The summed E-state index contributed by atoms with van der Waals surface area (Å²) in [7, 11) is 3.95. The lowest BCUT2D eigenvalue weighted by Crippen LogP contribution is -2.40.